The Morgan fingerprint density at radius 2 is 1.30 bits per heavy atom. The van der Waals surface area contributed by atoms with Crippen molar-refractivity contribution in [3.8, 4) is 0 Å². The first-order chi connectivity index (χ1) is 11.1. The van der Waals surface area contributed by atoms with Gasteiger partial charge in [0.15, 0.2) is 0 Å². The standard InChI is InChI=1S/C20H20O3/c1-15-5-9-17(10-6-15)19(21)20(22-13-3-4-14-23-20)18-11-7-16(2)8-12-18/h3-12H,13-14H2,1-2H3. The fraction of sp³-hybridized carbons (Fsp3) is 0.250. The number of aryl methyl sites for hydroxylation is 2. The van der Waals surface area contributed by atoms with Crippen molar-refractivity contribution < 1.29 is 14.3 Å². The summed E-state index contributed by atoms with van der Waals surface area (Å²) in [6, 6.07) is 15.2. The van der Waals surface area contributed by atoms with E-state index in [1.54, 1.807) is 0 Å². The van der Waals surface area contributed by atoms with Crippen molar-refractivity contribution in [2.45, 2.75) is 19.6 Å². The molecule has 3 nitrogen and oxygen atoms in total. The minimum absolute atomic E-state index is 0.176. The maximum atomic E-state index is 13.2. The molecule has 0 saturated carbocycles. The molecule has 0 saturated heterocycles. The second-order valence-electron chi connectivity index (χ2n) is 5.77. The Labute approximate surface area is 136 Å². The monoisotopic (exact) mass is 308 g/mol. The molecule has 23 heavy (non-hydrogen) atoms. The largest absolute Gasteiger partial charge is 0.335 e. The highest BCUT2D eigenvalue weighted by molar-refractivity contribution is 6.02. The van der Waals surface area contributed by atoms with Gasteiger partial charge in [-0.15, -0.1) is 0 Å². The second-order valence-corrected chi connectivity index (χ2v) is 5.77. The Bertz CT molecular complexity index is 702. The molecule has 118 valence electrons. The van der Waals surface area contributed by atoms with Gasteiger partial charge in [-0.25, -0.2) is 0 Å². The zero-order valence-electron chi connectivity index (χ0n) is 13.4. The van der Waals surface area contributed by atoms with Crippen LogP contribution in [0.5, 0.6) is 0 Å². The maximum absolute atomic E-state index is 13.2. The first-order valence-corrected chi connectivity index (χ1v) is 7.73. The second kappa shape index (κ2) is 6.49. The van der Waals surface area contributed by atoms with Crippen molar-refractivity contribution in [3.05, 3.63) is 82.9 Å². The van der Waals surface area contributed by atoms with Gasteiger partial charge in [0.2, 0.25) is 5.78 Å². The summed E-state index contributed by atoms with van der Waals surface area (Å²) >= 11 is 0. The highest BCUT2D eigenvalue weighted by atomic mass is 16.7. The van der Waals surface area contributed by atoms with Crippen molar-refractivity contribution in [2.24, 2.45) is 0 Å². The van der Waals surface area contributed by atoms with Gasteiger partial charge in [-0.05, 0) is 13.8 Å². The molecule has 0 spiro atoms. The molecule has 1 heterocycles. The molecule has 1 aliphatic heterocycles. The van der Waals surface area contributed by atoms with E-state index in [0.29, 0.717) is 18.8 Å². The third-order valence-electron chi connectivity index (χ3n) is 3.98. The van der Waals surface area contributed by atoms with Gasteiger partial charge in [-0.2, -0.15) is 0 Å². The molecule has 3 heteroatoms. The van der Waals surface area contributed by atoms with Crippen LogP contribution in [0.25, 0.3) is 0 Å². The number of Topliss-reactive ketones (excluding diaryl/α,β-unsaturated/α-hetero) is 1. The number of ether oxygens (including phenoxy) is 2. The summed E-state index contributed by atoms with van der Waals surface area (Å²) in [7, 11) is 0. The predicted molar refractivity (Wildman–Crippen MR) is 89.4 cm³/mol. The number of carbonyl (C=O) groups is 1. The number of benzene rings is 2. The van der Waals surface area contributed by atoms with E-state index in [2.05, 4.69) is 0 Å². The Hall–Kier alpha value is -2.23. The van der Waals surface area contributed by atoms with Crippen LogP contribution in [0.1, 0.15) is 27.0 Å². The lowest BCUT2D eigenvalue weighted by Crippen LogP contribution is -2.41. The summed E-state index contributed by atoms with van der Waals surface area (Å²) < 4.78 is 11.8. The molecule has 1 aliphatic rings. The zero-order valence-corrected chi connectivity index (χ0v) is 13.4. The Balaban J connectivity index is 2.06. The number of hydrogen-bond acceptors (Lipinski definition) is 3. The Morgan fingerprint density at radius 3 is 1.83 bits per heavy atom. The quantitative estimate of drug-likeness (QED) is 0.636. The average molecular weight is 308 g/mol. The van der Waals surface area contributed by atoms with Crippen molar-refractivity contribution in [3.63, 3.8) is 0 Å². The highest BCUT2D eigenvalue weighted by Gasteiger charge is 2.43. The molecule has 0 radical (unpaired) electrons. The van der Waals surface area contributed by atoms with Crippen LogP contribution in [0.3, 0.4) is 0 Å². The summed E-state index contributed by atoms with van der Waals surface area (Å²) in [5, 5.41) is 0. The molecular weight excluding hydrogens is 288 g/mol. The molecule has 3 rings (SSSR count). The van der Waals surface area contributed by atoms with E-state index >= 15 is 0 Å². The van der Waals surface area contributed by atoms with Gasteiger partial charge in [0.1, 0.15) is 0 Å². The lowest BCUT2D eigenvalue weighted by Gasteiger charge is -2.31. The van der Waals surface area contributed by atoms with Crippen LogP contribution in [-0.4, -0.2) is 19.0 Å². The van der Waals surface area contributed by atoms with Crippen LogP contribution >= 0.6 is 0 Å². The summed E-state index contributed by atoms with van der Waals surface area (Å²) in [5.74, 6) is -1.57. The van der Waals surface area contributed by atoms with Crippen LogP contribution in [0, 0.1) is 13.8 Å². The van der Waals surface area contributed by atoms with E-state index in [1.165, 1.54) is 0 Å². The van der Waals surface area contributed by atoms with Crippen LogP contribution in [-0.2, 0) is 15.3 Å². The van der Waals surface area contributed by atoms with Gasteiger partial charge >= 0.3 is 0 Å². The number of rotatable bonds is 3. The molecule has 2 aromatic rings. The van der Waals surface area contributed by atoms with E-state index in [4.69, 9.17) is 9.47 Å². The van der Waals surface area contributed by atoms with E-state index in [0.717, 1.165) is 16.7 Å². The SMILES string of the molecule is Cc1ccc(C(=O)C2(c3ccc(C)cc3)OCC=CCO2)cc1. The van der Waals surface area contributed by atoms with Gasteiger partial charge in [-0.1, -0.05) is 71.8 Å². The molecular formula is C20H20O3. The van der Waals surface area contributed by atoms with Gasteiger partial charge < -0.3 is 9.47 Å². The average Bonchev–Trinajstić information content (AvgIpc) is 2.82. The number of carbonyl (C=O) groups excluding carboxylic acids is 1. The van der Waals surface area contributed by atoms with Crippen LogP contribution < -0.4 is 0 Å². The smallest absolute Gasteiger partial charge is 0.261 e. The summed E-state index contributed by atoms with van der Waals surface area (Å²) in [6.07, 6.45) is 3.75. The molecule has 2 aromatic carbocycles. The Morgan fingerprint density at radius 1 is 0.826 bits per heavy atom. The van der Waals surface area contributed by atoms with Gasteiger partial charge in [0.05, 0.1) is 13.2 Å². The van der Waals surface area contributed by atoms with Crippen molar-refractivity contribution in [1.82, 2.24) is 0 Å². The maximum Gasteiger partial charge on any atom is 0.261 e. The fourth-order valence-corrected chi connectivity index (χ4v) is 2.61. The normalized spacial score (nSPS) is 16.8. The van der Waals surface area contributed by atoms with E-state index in [1.807, 2.05) is 74.5 Å². The van der Waals surface area contributed by atoms with Gasteiger partial charge in [-0.3, -0.25) is 4.79 Å². The van der Waals surface area contributed by atoms with Crippen molar-refractivity contribution in [2.75, 3.05) is 13.2 Å². The molecule has 0 aliphatic carbocycles. The third-order valence-corrected chi connectivity index (χ3v) is 3.98. The summed E-state index contributed by atoms with van der Waals surface area (Å²) in [5.41, 5.74) is 3.53. The predicted octanol–water partition coefficient (Wildman–Crippen LogP) is 3.94. The number of hydrogen-bond donors (Lipinski definition) is 0. The number of ketones is 1. The van der Waals surface area contributed by atoms with E-state index in [9.17, 15) is 4.79 Å². The first-order valence-electron chi connectivity index (χ1n) is 7.73. The van der Waals surface area contributed by atoms with Gasteiger partial charge in [0.25, 0.3) is 5.79 Å². The van der Waals surface area contributed by atoms with Crippen LogP contribution in [0.4, 0.5) is 0 Å². The highest BCUT2D eigenvalue weighted by Crippen LogP contribution is 2.33. The van der Waals surface area contributed by atoms with Crippen LogP contribution in [0.2, 0.25) is 0 Å². The minimum Gasteiger partial charge on any atom is -0.335 e. The first kappa shape index (κ1) is 15.7. The molecule has 0 fully saturated rings. The molecule has 0 N–H and O–H groups in total. The van der Waals surface area contributed by atoms with Crippen molar-refractivity contribution >= 4 is 5.78 Å². The molecule has 0 bridgehead atoms. The summed E-state index contributed by atoms with van der Waals surface area (Å²) in [6.45, 7) is 4.68. The molecule has 0 aromatic heterocycles. The lowest BCUT2D eigenvalue weighted by molar-refractivity contribution is -0.193. The fourth-order valence-electron chi connectivity index (χ4n) is 2.61. The Kier molecular flexibility index (Phi) is 4.42. The van der Waals surface area contributed by atoms with Crippen molar-refractivity contribution in [1.29, 1.82) is 0 Å². The zero-order chi connectivity index (χ0) is 16.3. The molecule has 0 atom stereocenters. The van der Waals surface area contributed by atoms with Gasteiger partial charge in [0, 0.05) is 11.1 Å². The van der Waals surface area contributed by atoms with E-state index < -0.39 is 5.79 Å². The van der Waals surface area contributed by atoms with E-state index in [-0.39, 0.29) is 5.78 Å². The lowest BCUT2D eigenvalue weighted by atomic mass is 9.94. The van der Waals surface area contributed by atoms with Crippen LogP contribution in [0.15, 0.2) is 60.7 Å². The molecule has 0 unspecified atom stereocenters. The third kappa shape index (κ3) is 3.11. The minimum atomic E-state index is -1.40. The summed E-state index contributed by atoms with van der Waals surface area (Å²) in [4.78, 5) is 13.2. The topological polar surface area (TPSA) is 35.5 Å². The molecule has 0 amide bonds.